The summed E-state index contributed by atoms with van der Waals surface area (Å²) < 4.78 is 11.6. The molecule has 3 aromatic rings. The van der Waals surface area contributed by atoms with Crippen LogP contribution < -0.4 is 10.5 Å². The Balaban J connectivity index is 0.00000182. The summed E-state index contributed by atoms with van der Waals surface area (Å²) in [5.41, 5.74) is 6.81. The van der Waals surface area contributed by atoms with E-state index < -0.39 is 11.6 Å². The van der Waals surface area contributed by atoms with E-state index in [9.17, 15) is 0 Å². The quantitative estimate of drug-likeness (QED) is 0.747. The van der Waals surface area contributed by atoms with Crippen molar-refractivity contribution in [3.05, 3.63) is 77.9 Å². The van der Waals surface area contributed by atoms with Crippen molar-refractivity contribution in [2.75, 3.05) is 0 Å². The molecule has 130 valence electrons. The van der Waals surface area contributed by atoms with Gasteiger partial charge < -0.3 is 15.0 Å². The number of rotatable bonds is 5. The summed E-state index contributed by atoms with van der Waals surface area (Å²) in [6.07, 6.45) is 2.42. The molecule has 1 heterocycles. The highest BCUT2D eigenvalue weighted by atomic mass is 35.5. The fourth-order valence-electron chi connectivity index (χ4n) is 2.85. The van der Waals surface area contributed by atoms with Crippen LogP contribution >= 0.6 is 12.4 Å². The Morgan fingerprint density at radius 3 is 2.24 bits per heavy atom. The molecule has 0 aliphatic heterocycles. The third-order valence-electron chi connectivity index (χ3n) is 4.46. The van der Waals surface area contributed by atoms with Gasteiger partial charge in [0.05, 0.1) is 5.54 Å². The number of hydrogen-bond acceptors (Lipinski definition) is 5. The minimum absolute atomic E-state index is 0. The van der Waals surface area contributed by atoms with Gasteiger partial charge in [-0.2, -0.15) is 4.98 Å². The molecule has 1 aliphatic rings. The Bertz CT molecular complexity index is 804. The fourth-order valence-corrected chi connectivity index (χ4v) is 2.85. The van der Waals surface area contributed by atoms with Crippen LogP contribution in [0.25, 0.3) is 0 Å². The van der Waals surface area contributed by atoms with Crippen molar-refractivity contribution >= 4 is 12.4 Å². The Labute approximate surface area is 152 Å². The van der Waals surface area contributed by atoms with E-state index in [-0.39, 0.29) is 12.4 Å². The minimum Gasteiger partial charge on any atom is -0.476 e. The van der Waals surface area contributed by atoms with Crippen LogP contribution in [0, 0.1) is 0 Å². The molecule has 25 heavy (non-hydrogen) atoms. The molecule has 1 fully saturated rings. The van der Waals surface area contributed by atoms with Gasteiger partial charge >= 0.3 is 0 Å². The van der Waals surface area contributed by atoms with Crippen molar-refractivity contribution in [2.24, 2.45) is 5.73 Å². The van der Waals surface area contributed by atoms with Crippen molar-refractivity contribution in [2.45, 2.75) is 30.9 Å². The summed E-state index contributed by atoms with van der Waals surface area (Å²) >= 11 is 0. The Hall–Kier alpha value is -2.37. The van der Waals surface area contributed by atoms with Crippen molar-refractivity contribution in [1.29, 1.82) is 0 Å². The molecule has 0 amide bonds. The third kappa shape index (κ3) is 3.52. The average molecular weight is 358 g/mol. The predicted octanol–water partition coefficient (Wildman–Crippen LogP) is 4.00. The average Bonchev–Trinajstić information content (AvgIpc) is 3.09. The van der Waals surface area contributed by atoms with E-state index in [0.29, 0.717) is 11.7 Å². The van der Waals surface area contributed by atoms with Crippen LogP contribution in [0.3, 0.4) is 0 Å². The van der Waals surface area contributed by atoms with Crippen LogP contribution in [-0.4, -0.2) is 10.1 Å². The van der Waals surface area contributed by atoms with E-state index in [1.807, 2.05) is 60.7 Å². The summed E-state index contributed by atoms with van der Waals surface area (Å²) in [6, 6.07) is 19.5. The molecule has 0 radical (unpaired) electrons. The highest BCUT2D eigenvalue weighted by molar-refractivity contribution is 5.85. The van der Waals surface area contributed by atoms with Crippen LogP contribution in [0.15, 0.2) is 65.2 Å². The van der Waals surface area contributed by atoms with E-state index in [4.69, 9.17) is 15.0 Å². The molecule has 1 atom stereocenters. The maximum Gasteiger partial charge on any atom is 0.272 e. The van der Waals surface area contributed by atoms with Gasteiger partial charge in [0.15, 0.2) is 5.82 Å². The lowest BCUT2D eigenvalue weighted by Crippen LogP contribution is -2.44. The number of nitrogens with zero attached hydrogens (tertiary/aromatic N) is 2. The largest absolute Gasteiger partial charge is 0.476 e. The topological polar surface area (TPSA) is 74.2 Å². The van der Waals surface area contributed by atoms with Crippen molar-refractivity contribution < 1.29 is 9.26 Å². The Kier molecular flexibility index (Phi) is 5.06. The van der Waals surface area contributed by atoms with Crippen LogP contribution in [0.4, 0.5) is 0 Å². The molecule has 5 nitrogen and oxygen atoms in total. The van der Waals surface area contributed by atoms with E-state index >= 15 is 0 Å². The van der Waals surface area contributed by atoms with Crippen molar-refractivity contribution in [1.82, 2.24) is 10.1 Å². The van der Waals surface area contributed by atoms with Gasteiger partial charge in [-0.15, -0.1) is 12.4 Å². The Morgan fingerprint density at radius 2 is 1.64 bits per heavy atom. The molecule has 0 spiro atoms. The lowest BCUT2D eigenvalue weighted by Gasteiger charge is -2.34. The second-order valence-corrected chi connectivity index (χ2v) is 6.19. The summed E-state index contributed by atoms with van der Waals surface area (Å²) in [5.74, 6) is 1.75. The van der Waals surface area contributed by atoms with E-state index in [2.05, 4.69) is 10.1 Å². The van der Waals surface area contributed by atoms with Crippen molar-refractivity contribution in [3.63, 3.8) is 0 Å². The molecular formula is C19H20ClN3O2. The fraction of sp³-hybridized carbons (Fsp3) is 0.263. The van der Waals surface area contributed by atoms with Crippen LogP contribution in [0.1, 0.15) is 42.6 Å². The summed E-state index contributed by atoms with van der Waals surface area (Å²) in [7, 11) is 0. The molecule has 2 aromatic carbocycles. The van der Waals surface area contributed by atoms with Gasteiger partial charge in [-0.3, -0.25) is 0 Å². The molecule has 1 aliphatic carbocycles. The van der Waals surface area contributed by atoms with Gasteiger partial charge in [-0.05, 0) is 31.4 Å². The zero-order valence-electron chi connectivity index (χ0n) is 13.7. The number of aromatic nitrogens is 2. The van der Waals surface area contributed by atoms with Crippen LogP contribution in [0.5, 0.6) is 5.75 Å². The number of hydrogen-bond donors (Lipinski definition) is 1. The maximum absolute atomic E-state index is 6.30. The van der Waals surface area contributed by atoms with Gasteiger partial charge in [0, 0.05) is 5.56 Å². The lowest BCUT2D eigenvalue weighted by atomic mass is 9.77. The van der Waals surface area contributed by atoms with Gasteiger partial charge in [-0.25, -0.2) is 0 Å². The number of ether oxygens (including phenoxy) is 1. The van der Waals surface area contributed by atoms with Crippen LogP contribution in [0.2, 0.25) is 0 Å². The zero-order valence-corrected chi connectivity index (χ0v) is 14.5. The first-order valence-electron chi connectivity index (χ1n) is 8.14. The first-order chi connectivity index (χ1) is 11.7. The molecule has 0 saturated heterocycles. The number of halogens is 1. The summed E-state index contributed by atoms with van der Waals surface area (Å²) in [6.45, 7) is 0. The van der Waals surface area contributed by atoms with Gasteiger partial charge in [-0.1, -0.05) is 53.7 Å². The molecule has 2 N–H and O–H groups in total. The minimum atomic E-state index is -0.460. The molecule has 0 bridgehead atoms. The highest BCUT2D eigenvalue weighted by Crippen LogP contribution is 2.38. The normalized spacial score (nSPS) is 16.4. The maximum atomic E-state index is 6.30. The second-order valence-electron chi connectivity index (χ2n) is 6.19. The Morgan fingerprint density at radius 1 is 1.00 bits per heavy atom. The third-order valence-corrected chi connectivity index (χ3v) is 4.46. The summed E-state index contributed by atoms with van der Waals surface area (Å²) in [5, 5.41) is 4.11. The summed E-state index contributed by atoms with van der Waals surface area (Å²) in [4.78, 5) is 4.55. The van der Waals surface area contributed by atoms with E-state index in [0.717, 1.165) is 30.6 Å². The second kappa shape index (κ2) is 7.25. The first kappa shape index (κ1) is 17.5. The number of nitrogens with two attached hydrogens (primary N) is 1. The SMILES string of the molecule is Cl.NC1(c2noc(C(Oc3ccccc3)c3ccccc3)n2)CCC1. The molecule has 1 saturated carbocycles. The van der Waals surface area contributed by atoms with Gasteiger partial charge in [0.25, 0.3) is 5.89 Å². The van der Waals surface area contributed by atoms with E-state index in [1.165, 1.54) is 0 Å². The zero-order chi connectivity index (χ0) is 16.4. The number of para-hydroxylation sites is 1. The molecular weight excluding hydrogens is 338 g/mol. The lowest BCUT2D eigenvalue weighted by molar-refractivity contribution is 0.191. The monoisotopic (exact) mass is 357 g/mol. The standard InChI is InChI=1S/C19H19N3O2.ClH/c20-19(12-7-13-19)18-21-17(24-22-18)16(14-8-3-1-4-9-14)23-15-10-5-2-6-11-15;/h1-6,8-11,16H,7,12-13,20H2;1H. The van der Waals surface area contributed by atoms with Crippen LogP contribution in [-0.2, 0) is 5.54 Å². The molecule has 6 heteroatoms. The van der Waals surface area contributed by atoms with E-state index in [1.54, 1.807) is 0 Å². The molecule has 1 aromatic heterocycles. The van der Waals surface area contributed by atoms with Crippen molar-refractivity contribution in [3.8, 4) is 5.75 Å². The smallest absolute Gasteiger partial charge is 0.272 e. The number of benzene rings is 2. The van der Waals surface area contributed by atoms with Gasteiger partial charge in [0.2, 0.25) is 6.10 Å². The molecule has 1 unspecified atom stereocenters. The first-order valence-corrected chi connectivity index (χ1v) is 8.14. The molecule has 4 rings (SSSR count). The van der Waals surface area contributed by atoms with Gasteiger partial charge in [0.1, 0.15) is 5.75 Å². The highest BCUT2D eigenvalue weighted by Gasteiger charge is 2.39. The predicted molar refractivity (Wildman–Crippen MR) is 96.6 cm³/mol.